The summed E-state index contributed by atoms with van der Waals surface area (Å²) in [4.78, 5) is 0. The van der Waals surface area contributed by atoms with Crippen LogP contribution in [0.4, 0.5) is 5.69 Å². The van der Waals surface area contributed by atoms with Crippen molar-refractivity contribution in [2.45, 2.75) is 38.4 Å². The molecule has 1 saturated heterocycles. The third kappa shape index (κ3) is 3.51. The maximum absolute atomic E-state index is 6.08. The molecule has 0 bridgehead atoms. The molecule has 94 valence electrons. The minimum atomic E-state index is 0.0101. The van der Waals surface area contributed by atoms with Crippen LogP contribution in [0, 0.1) is 0 Å². The molecule has 1 unspecified atom stereocenters. The van der Waals surface area contributed by atoms with Gasteiger partial charge in [0.15, 0.2) is 0 Å². The van der Waals surface area contributed by atoms with Gasteiger partial charge in [-0.25, -0.2) is 0 Å². The Morgan fingerprint density at radius 3 is 2.76 bits per heavy atom. The first-order valence-corrected chi connectivity index (χ1v) is 6.59. The van der Waals surface area contributed by atoms with Gasteiger partial charge in [0.1, 0.15) is 0 Å². The molecule has 1 heterocycles. The first-order valence-electron chi connectivity index (χ1n) is 5.83. The lowest BCUT2D eigenvalue weighted by molar-refractivity contribution is -0.00910. The van der Waals surface area contributed by atoms with Crippen molar-refractivity contribution in [2.75, 3.05) is 11.9 Å². The lowest BCUT2D eigenvalue weighted by atomic mass is 10.1. The van der Waals surface area contributed by atoms with Crippen LogP contribution in [-0.4, -0.2) is 18.2 Å². The normalized spacial score (nSPS) is 22.7. The molecule has 0 aliphatic carbocycles. The van der Waals surface area contributed by atoms with E-state index in [-0.39, 0.29) is 11.7 Å². The number of hydrogen-bond donors (Lipinski definition) is 1. The number of anilines is 1. The van der Waals surface area contributed by atoms with Crippen LogP contribution in [-0.2, 0) is 4.74 Å². The second-order valence-electron chi connectivity index (χ2n) is 5.04. The standard InChI is InChI=1S/C13H17Cl2NO/c1-13(2)6-5-10(17-13)8-16-12-4-3-9(14)7-11(12)15/h3-4,7,10,16H,5-6,8H2,1-2H3. The largest absolute Gasteiger partial charge is 0.381 e. The Morgan fingerprint density at radius 2 is 2.18 bits per heavy atom. The number of halogens is 2. The lowest BCUT2D eigenvalue weighted by Crippen LogP contribution is -2.24. The molecule has 1 aliphatic heterocycles. The minimum absolute atomic E-state index is 0.0101. The van der Waals surface area contributed by atoms with E-state index < -0.39 is 0 Å². The lowest BCUT2D eigenvalue weighted by Gasteiger charge is -2.20. The predicted molar refractivity (Wildman–Crippen MR) is 73.1 cm³/mol. The zero-order chi connectivity index (χ0) is 12.5. The first kappa shape index (κ1) is 13.0. The van der Waals surface area contributed by atoms with E-state index in [1.807, 2.05) is 12.1 Å². The van der Waals surface area contributed by atoms with Gasteiger partial charge >= 0.3 is 0 Å². The van der Waals surface area contributed by atoms with Crippen LogP contribution in [0.1, 0.15) is 26.7 Å². The van der Waals surface area contributed by atoms with Crippen LogP contribution in [0.5, 0.6) is 0 Å². The van der Waals surface area contributed by atoms with Crippen molar-refractivity contribution < 1.29 is 4.74 Å². The molecule has 0 radical (unpaired) electrons. The van der Waals surface area contributed by atoms with Crippen LogP contribution in [0.25, 0.3) is 0 Å². The van der Waals surface area contributed by atoms with Gasteiger partial charge in [0, 0.05) is 11.6 Å². The zero-order valence-corrected chi connectivity index (χ0v) is 11.6. The molecule has 0 saturated carbocycles. The number of nitrogens with one attached hydrogen (secondary N) is 1. The number of benzene rings is 1. The van der Waals surface area contributed by atoms with E-state index >= 15 is 0 Å². The molecule has 2 rings (SSSR count). The first-order chi connectivity index (χ1) is 7.96. The van der Waals surface area contributed by atoms with Gasteiger partial charge in [0.2, 0.25) is 0 Å². The van der Waals surface area contributed by atoms with Crippen LogP contribution >= 0.6 is 23.2 Å². The third-order valence-corrected chi connectivity index (χ3v) is 3.55. The summed E-state index contributed by atoms with van der Waals surface area (Å²) in [6.45, 7) is 5.04. The summed E-state index contributed by atoms with van der Waals surface area (Å²) in [6.07, 6.45) is 2.45. The summed E-state index contributed by atoms with van der Waals surface area (Å²) >= 11 is 11.9. The minimum Gasteiger partial charge on any atom is -0.381 e. The molecule has 1 aromatic rings. The van der Waals surface area contributed by atoms with Gasteiger partial charge in [0.25, 0.3) is 0 Å². The monoisotopic (exact) mass is 273 g/mol. The highest BCUT2D eigenvalue weighted by Gasteiger charge is 2.31. The van der Waals surface area contributed by atoms with Crippen molar-refractivity contribution in [3.8, 4) is 0 Å². The number of ether oxygens (including phenoxy) is 1. The molecule has 17 heavy (non-hydrogen) atoms. The Bertz CT molecular complexity index is 406. The predicted octanol–water partition coefficient (Wildman–Crippen LogP) is 4.36. The summed E-state index contributed by atoms with van der Waals surface area (Å²) < 4.78 is 5.90. The van der Waals surface area contributed by atoms with Crippen LogP contribution < -0.4 is 5.32 Å². The highest BCUT2D eigenvalue weighted by Crippen LogP contribution is 2.30. The molecule has 1 aromatic carbocycles. The Kier molecular flexibility index (Phi) is 3.86. The molecule has 1 fully saturated rings. The van der Waals surface area contributed by atoms with Gasteiger partial charge in [-0.1, -0.05) is 23.2 Å². The average Bonchev–Trinajstić information content (AvgIpc) is 2.57. The molecular formula is C13H17Cl2NO. The fourth-order valence-corrected chi connectivity index (χ4v) is 2.55. The molecule has 0 aromatic heterocycles. The van der Waals surface area contributed by atoms with Gasteiger partial charge in [-0.15, -0.1) is 0 Å². The van der Waals surface area contributed by atoms with Crippen LogP contribution in [0.2, 0.25) is 10.0 Å². The van der Waals surface area contributed by atoms with Crippen molar-refractivity contribution in [1.82, 2.24) is 0 Å². The highest BCUT2D eigenvalue weighted by atomic mass is 35.5. The second kappa shape index (κ2) is 5.05. The van der Waals surface area contributed by atoms with E-state index in [4.69, 9.17) is 27.9 Å². The molecule has 0 amide bonds. The van der Waals surface area contributed by atoms with Gasteiger partial charge < -0.3 is 10.1 Å². The molecule has 4 heteroatoms. The smallest absolute Gasteiger partial charge is 0.0755 e. The van der Waals surface area contributed by atoms with Crippen molar-refractivity contribution in [3.05, 3.63) is 28.2 Å². The quantitative estimate of drug-likeness (QED) is 0.884. The van der Waals surface area contributed by atoms with Gasteiger partial charge in [0.05, 0.1) is 22.4 Å². The molecule has 2 nitrogen and oxygen atoms in total. The Labute approximate surface area is 112 Å². The maximum atomic E-state index is 6.08. The third-order valence-electron chi connectivity index (χ3n) is 3.01. The number of hydrogen-bond acceptors (Lipinski definition) is 2. The zero-order valence-electron chi connectivity index (χ0n) is 10.1. The summed E-state index contributed by atoms with van der Waals surface area (Å²) in [5, 5.41) is 4.60. The van der Waals surface area contributed by atoms with Crippen molar-refractivity contribution in [3.63, 3.8) is 0 Å². The molecule has 1 aliphatic rings. The van der Waals surface area contributed by atoms with E-state index in [1.165, 1.54) is 0 Å². The summed E-state index contributed by atoms with van der Waals surface area (Å²) in [5.74, 6) is 0. The molecular weight excluding hydrogens is 257 g/mol. The Balaban J connectivity index is 1.90. The number of rotatable bonds is 3. The van der Waals surface area contributed by atoms with Gasteiger partial charge in [-0.05, 0) is 44.9 Å². The van der Waals surface area contributed by atoms with E-state index in [0.29, 0.717) is 10.0 Å². The highest BCUT2D eigenvalue weighted by molar-refractivity contribution is 6.36. The van der Waals surface area contributed by atoms with Gasteiger partial charge in [-0.3, -0.25) is 0 Å². The Hall–Kier alpha value is -0.440. The molecule has 0 spiro atoms. The van der Waals surface area contributed by atoms with Gasteiger partial charge in [-0.2, -0.15) is 0 Å². The fraction of sp³-hybridized carbons (Fsp3) is 0.538. The molecule has 1 N–H and O–H groups in total. The SMILES string of the molecule is CC1(C)CCC(CNc2ccc(Cl)cc2Cl)O1. The Morgan fingerprint density at radius 1 is 1.41 bits per heavy atom. The average molecular weight is 274 g/mol. The fourth-order valence-electron chi connectivity index (χ4n) is 2.08. The van der Waals surface area contributed by atoms with Crippen molar-refractivity contribution in [2.24, 2.45) is 0 Å². The van der Waals surface area contributed by atoms with Crippen LogP contribution in [0.15, 0.2) is 18.2 Å². The topological polar surface area (TPSA) is 21.3 Å². The van der Waals surface area contributed by atoms with E-state index in [2.05, 4.69) is 19.2 Å². The second-order valence-corrected chi connectivity index (χ2v) is 5.89. The summed E-state index contributed by atoms with van der Waals surface area (Å²) in [7, 11) is 0. The van der Waals surface area contributed by atoms with Crippen molar-refractivity contribution in [1.29, 1.82) is 0 Å². The summed E-state index contributed by atoms with van der Waals surface area (Å²) in [5.41, 5.74) is 0.917. The maximum Gasteiger partial charge on any atom is 0.0755 e. The van der Waals surface area contributed by atoms with E-state index in [0.717, 1.165) is 25.1 Å². The molecule has 1 atom stereocenters. The van der Waals surface area contributed by atoms with E-state index in [1.54, 1.807) is 6.07 Å². The van der Waals surface area contributed by atoms with E-state index in [9.17, 15) is 0 Å². The van der Waals surface area contributed by atoms with Crippen molar-refractivity contribution >= 4 is 28.9 Å². The summed E-state index contributed by atoms with van der Waals surface area (Å²) in [6, 6.07) is 5.46. The van der Waals surface area contributed by atoms with Crippen LogP contribution in [0.3, 0.4) is 0 Å².